The van der Waals surface area contributed by atoms with Crippen LogP contribution in [0.3, 0.4) is 0 Å². The van der Waals surface area contributed by atoms with Crippen molar-refractivity contribution in [2.45, 2.75) is 12.5 Å². The van der Waals surface area contributed by atoms with Crippen LogP contribution in [-0.4, -0.2) is 12.2 Å². The van der Waals surface area contributed by atoms with Crippen LogP contribution in [0, 0.1) is 5.82 Å². The van der Waals surface area contributed by atoms with E-state index in [1.807, 2.05) is 0 Å². The molecule has 2 aromatic rings. The highest BCUT2D eigenvalue weighted by Crippen LogP contribution is 2.30. The highest BCUT2D eigenvalue weighted by molar-refractivity contribution is 6.30. The lowest BCUT2D eigenvalue weighted by molar-refractivity contribution is 0.174. The number of aliphatic hydroxyl groups excluding tert-OH is 1. The SMILES string of the molecule is COc1cc(Cl)ccc1C(O)Cc1ccc(F)cc1. The zero-order chi connectivity index (χ0) is 13.8. The maximum absolute atomic E-state index is 12.8. The smallest absolute Gasteiger partial charge is 0.126 e. The van der Waals surface area contributed by atoms with Crippen molar-refractivity contribution in [3.63, 3.8) is 0 Å². The van der Waals surface area contributed by atoms with Crippen molar-refractivity contribution < 1.29 is 14.2 Å². The molecule has 19 heavy (non-hydrogen) atoms. The highest BCUT2D eigenvalue weighted by Gasteiger charge is 2.14. The van der Waals surface area contributed by atoms with Crippen LogP contribution in [0.25, 0.3) is 0 Å². The van der Waals surface area contributed by atoms with Crippen molar-refractivity contribution in [2.24, 2.45) is 0 Å². The van der Waals surface area contributed by atoms with E-state index < -0.39 is 6.10 Å². The van der Waals surface area contributed by atoms with Crippen molar-refractivity contribution >= 4 is 11.6 Å². The van der Waals surface area contributed by atoms with Gasteiger partial charge in [-0.05, 0) is 29.8 Å². The molecule has 0 amide bonds. The van der Waals surface area contributed by atoms with Crippen LogP contribution in [0.1, 0.15) is 17.2 Å². The largest absolute Gasteiger partial charge is 0.496 e. The Labute approximate surface area is 116 Å². The molecule has 2 rings (SSSR count). The standard InChI is InChI=1S/C15H14ClFO2/c1-19-15-9-11(16)4-7-13(15)14(18)8-10-2-5-12(17)6-3-10/h2-7,9,14,18H,8H2,1H3. The number of benzene rings is 2. The lowest BCUT2D eigenvalue weighted by atomic mass is 10.0. The second kappa shape index (κ2) is 6.04. The van der Waals surface area contributed by atoms with Crippen LogP contribution < -0.4 is 4.74 Å². The van der Waals surface area contributed by atoms with Gasteiger partial charge in [-0.15, -0.1) is 0 Å². The molecule has 0 spiro atoms. The minimum Gasteiger partial charge on any atom is -0.496 e. The molecule has 100 valence electrons. The van der Waals surface area contributed by atoms with E-state index in [9.17, 15) is 9.50 Å². The molecule has 0 aliphatic heterocycles. The first-order chi connectivity index (χ1) is 9.10. The first-order valence-electron chi connectivity index (χ1n) is 5.86. The molecule has 1 unspecified atom stereocenters. The summed E-state index contributed by atoms with van der Waals surface area (Å²) in [6, 6.07) is 11.2. The van der Waals surface area contributed by atoms with E-state index in [2.05, 4.69) is 0 Å². The fourth-order valence-electron chi connectivity index (χ4n) is 1.91. The highest BCUT2D eigenvalue weighted by atomic mass is 35.5. The Kier molecular flexibility index (Phi) is 4.40. The van der Waals surface area contributed by atoms with Gasteiger partial charge < -0.3 is 9.84 Å². The summed E-state index contributed by atoms with van der Waals surface area (Å²) in [6.07, 6.45) is -0.337. The third-order valence-electron chi connectivity index (χ3n) is 2.90. The topological polar surface area (TPSA) is 29.5 Å². The Bertz CT molecular complexity index is 555. The molecule has 2 nitrogen and oxygen atoms in total. The van der Waals surface area contributed by atoms with E-state index in [-0.39, 0.29) is 5.82 Å². The molecule has 0 radical (unpaired) electrons. The molecule has 1 N–H and O–H groups in total. The summed E-state index contributed by atoms with van der Waals surface area (Å²) in [5.74, 6) is 0.254. The number of halogens is 2. The molecule has 0 heterocycles. The van der Waals surface area contributed by atoms with Crippen LogP contribution in [0.2, 0.25) is 5.02 Å². The van der Waals surface area contributed by atoms with Gasteiger partial charge in [0.15, 0.2) is 0 Å². The van der Waals surface area contributed by atoms with Gasteiger partial charge in [0, 0.05) is 17.0 Å². The Hall–Kier alpha value is -1.58. The average Bonchev–Trinajstić information content (AvgIpc) is 2.41. The van der Waals surface area contributed by atoms with Crippen LogP contribution in [0.15, 0.2) is 42.5 Å². The molecule has 0 bridgehead atoms. The van der Waals surface area contributed by atoms with E-state index in [0.717, 1.165) is 5.56 Å². The van der Waals surface area contributed by atoms with Gasteiger partial charge in [0.2, 0.25) is 0 Å². The van der Waals surface area contributed by atoms with Crippen molar-refractivity contribution in [3.8, 4) is 5.75 Å². The quantitative estimate of drug-likeness (QED) is 0.924. The minimum atomic E-state index is -0.724. The zero-order valence-electron chi connectivity index (χ0n) is 10.4. The van der Waals surface area contributed by atoms with Crippen LogP contribution in [0.5, 0.6) is 5.75 Å². The molecular formula is C15H14ClFO2. The molecule has 1 atom stereocenters. The van der Waals surface area contributed by atoms with Crippen LogP contribution in [-0.2, 0) is 6.42 Å². The number of aliphatic hydroxyl groups is 1. The van der Waals surface area contributed by atoms with Gasteiger partial charge in [0.1, 0.15) is 11.6 Å². The van der Waals surface area contributed by atoms with Crippen LogP contribution in [0.4, 0.5) is 4.39 Å². The van der Waals surface area contributed by atoms with Crippen molar-refractivity contribution in [3.05, 3.63) is 64.4 Å². The molecule has 2 aromatic carbocycles. The number of rotatable bonds is 4. The predicted octanol–water partition coefficient (Wildman–Crippen LogP) is 3.76. The Balaban J connectivity index is 2.19. The summed E-state index contributed by atoms with van der Waals surface area (Å²) >= 11 is 5.87. The fourth-order valence-corrected chi connectivity index (χ4v) is 2.08. The number of hydrogen-bond donors (Lipinski definition) is 1. The van der Waals surface area contributed by atoms with Crippen molar-refractivity contribution in [1.82, 2.24) is 0 Å². The third-order valence-corrected chi connectivity index (χ3v) is 3.13. The minimum absolute atomic E-state index is 0.290. The molecule has 0 aliphatic rings. The summed E-state index contributed by atoms with van der Waals surface area (Å²) in [5.41, 5.74) is 1.52. The van der Waals surface area contributed by atoms with Gasteiger partial charge in [-0.3, -0.25) is 0 Å². The second-order valence-electron chi connectivity index (χ2n) is 4.23. The van der Waals surface area contributed by atoms with Gasteiger partial charge in [-0.2, -0.15) is 0 Å². The average molecular weight is 281 g/mol. The van der Waals surface area contributed by atoms with Crippen LogP contribution >= 0.6 is 11.6 Å². The first-order valence-corrected chi connectivity index (χ1v) is 6.24. The van der Waals surface area contributed by atoms with Gasteiger partial charge in [0.05, 0.1) is 13.2 Å². The monoisotopic (exact) mass is 280 g/mol. The van der Waals surface area contributed by atoms with Crippen molar-refractivity contribution in [1.29, 1.82) is 0 Å². The number of ether oxygens (including phenoxy) is 1. The van der Waals surface area contributed by atoms with Gasteiger partial charge in [-0.25, -0.2) is 4.39 Å². The van der Waals surface area contributed by atoms with Gasteiger partial charge >= 0.3 is 0 Å². The normalized spacial score (nSPS) is 12.2. The zero-order valence-corrected chi connectivity index (χ0v) is 11.2. The molecule has 0 saturated heterocycles. The molecule has 0 aliphatic carbocycles. The summed E-state index contributed by atoms with van der Waals surface area (Å²) in [4.78, 5) is 0. The summed E-state index contributed by atoms with van der Waals surface area (Å²) in [7, 11) is 1.53. The lowest BCUT2D eigenvalue weighted by Crippen LogP contribution is -2.04. The maximum atomic E-state index is 12.8. The first kappa shape index (κ1) is 13.8. The van der Waals surface area contributed by atoms with Gasteiger partial charge in [0.25, 0.3) is 0 Å². The molecule has 0 saturated carbocycles. The lowest BCUT2D eigenvalue weighted by Gasteiger charge is -2.15. The predicted molar refractivity (Wildman–Crippen MR) is 73.1 cm³/mol. The van der Waals surface area contributed by atoms with Gasteiger partial charge in [-0.1, -0.05) is 29.8 Å². The number of hydrogen-bond acceptors (Lipinski definition) is 2. The molecule has 0 aromatic heterocycles. The van der Waals surface area contributed by atoms with E-state index >= 15 is 0 Å². The molecule has 4 heteroatoms. The Morgan fingerprint density at radius 1 is 1.21 bits per heavy atom. The van der Waals surface area contributed by atoms with Crippen molar-refractivity contribution in [2.75, 3.05) is 7.11 Å². The van der Waals surface area contributed by atoms with E-state index in [1.54, 1.807) is 30.3 Å². The summed E-state index contributed by atoms with van der Waals surface area (Å²) in [6.45, 7) is 0. The second-order valence-corrected chi connectivity index (χ2v) is 4.67. The Morgan fingerprint density at radius 3 is 2.53 bits per heavy atom. The molecule has 0 fully saturated rings. The summed E-state index contributed by atoms with van der Waals surface area (Å²) in [5, 5.41) is 10.8. The van der Waals surface area contributed by atoms with E-state index in [0.29, 0.717) is 22.8 Å². The third kappa shape index (κ3) is 3.46. The van der Waals surface area contributed by atoms with E-state index in [4.69, 9.17) is 16.3 Å². The van der Waals surface area contributed by atoms with E-state index in [1.165, 1.54) is 19.2 Å². The summed E-state index contributed by atoms with van der Waals surface area (Å²) < 4.78 is 18.0. The fraction of sp³-hybridized carbons (Fsp3) is 0.200. The maximum Gasteiger partial charge on any atom is 0.126 e. The number of methoxy groups -OCH3 is 1. The Morgan fingerprint density at radius 2 is 1.89 bits per heavy atom. The molecular weight excluding hydrogens is 267 g/mol.